The molecule has 0 aliphatic rings. The van der Waals surface area contributed by atoms with Crippen LogP contribution in [-0.4, -0.2) is 16.7 Å². The van der Waals surface area contributed by atoms with Gasteiger partial charge < -0.3 is 5.32 Å². The Bertz CT molecular complexity index is 391. The fourth-order valence-corrected chi connectivity index (χ4v) is 2.57. The lowest BCUT2D eigenvalue weighted by atomic mass is 10.1. The number of hydrogen-bond donors (Lipinski definition) is 1. The fourth-order valence-electron chi connectivity index (χ4n) is 1.44. The molecule has 18 heavy (non-hydrogen) atoms. The van der Waals surface area contributed by atoms with Gasteiger partial charge in [-0.1, -0.05) is 6.92 Å². The van der Waals surface area contributed by atoms with Gasteiger partial charge in [0.25, 0.3) is 0 Å². The highest BCUT2D eigenvalue weighted by atomic mass is 32.1. The summed E-state index contributed by atoms with van der Waals surface area (Å²) < 4.78 is 36.9. The van der Waals surface area contributed by atoms with Crippen LogP contribution in [0.2, 0.25) is 0 Å². The molecule has 0 radical (unpaired) electrons. The summed E-state index contributed by atoms with van der Waals surface area (Å²) in [6, 6.07) is 0. The highest BCUT2D eigenvalue weighted by Crippen LogP contribution is 2.27. The van der Waals surface area contributed by atoms with Crippen molar-refractivity contribution in [1.29, 1.82) is 0 Å². The number of halogens is 3. The number of nitrogens with one attached hydrogen (secondary N) is 1. The third-order valence-corrected chi connectivity index (χ3v) is 3.39. The Labute approximate surface area is 110 Å². The summed E-state index contributed by atoms with van der Waals surface area (Å²) in [6.45, 7) is 8.55. The average Bonchev–Trinajstić information content (AvgIpc) is 2.53. The first-order valence-corrected chi connectivity index (χ1v) is 6.71. The van der Waals surface area contributed by atoms with Crippen molar-refractivity contribution in [2.24, 2.45) is 0 Å². The molecule has 0 atom stereocenters. The van der Waals surface area contributed by atoms with Gasteiger partial charge in [0.05, 0.1) is 12.1 Å². The SMILES string of the molecule is CCc1nc(CC(F)(F)F)sc1CNC(C)(C)C. The maximum absolute atomic E-state index is 12.3. The molecule has 0 aliphatic heterocycles. The molecule has 6 heteroatoms. The van der Waals surface area contributed by atoms with Crippen LogP contribution in [0.25, 0.3) is 0 Å². The summed E-state index contributed by atoms with van der Waals surface area (Å²) in [5.41, 5.74) is 0.718. The molecule has 1 heterocycles. The minimum absolute atomic E-state index is 0.0564. The molecular formula is C12H19F3N2S. The standard InChI is InChI=1S/C12H19F3N2S/c1-5-8-9(7-16-11(2,3)4)18-10(17-8)6-12(13,14)15/h16H,5-7H2,1-4H3. The van der Waals surface area contributed by atoms with Crippen molar-refractivity contribution in [2.75, 3.05) is 0 Å². The highest BCUT2D eigenvalue weighted by Gasteiger charge is 2.30. The van der Waals surface area contributed by atoms with E-state index in [1.807, 2.05) is 27.7 Å². The molecule has 104 valence electrons. The van der Waals surface area contributed by atoms with Crippen molar-refractivity contribution in [3.63, 3.8) is 0 Å². The molecule has 0 spiro atoms. The molecule has 0 fully saturated rings. The number of alkyl halides is 3. The molecule has 0 saturated heterocycles. The van der Waals surface area contributed by atoms with Crippen LogP contribution < -0.4 is 5.32 Å². The maximum atomic E-state index is 12.3. The van der Waals surface area contributed by atoms with Crippen LogP contribution in [0.3, 0.4) is 0 Å². The molecule has 1 rings (SSSR count). The normalized spacial score (nSPS) is 13.1. The van der Waals surface area contributed by atoms with Crippen LogP contribution >= 0.6 is 11.3 Å². The Morgan fingerprint density at radius 1 is 1.22 bits per heavy atom. The minimum Gasteiger partial charge on any atom is -0.307 e. The zero-order chi connectivity index (χ0) is 14.0. The predicted molar refractivity (Wildman–Crippen MR) is 67.8 cm³/mol. The quantitative estimate of drug-likeness (QED) is 0.909. The van der Waals surface area contributed by atoms with Crippen molar-refractivity contribution < 1.29 is 13.2 Å². The van der Waals surface area contributed by atoms with Crippen LogP contribution in [0.1, 0.15) is 43.3 Å². The monoisotopic (exact) mass is 280 g/mol. The molecule has 0 bridgehead atoms. The van der Waals surface area contributed by atoms with Gasteiger partial charge in [0.15, 0.2) is 0 Å². The number of nitrogens with zero attached hydrogens (tertiary/aromatic N) is 1. The maximum Gasteiger partial charge on any atom is 0.395 e. The van der Waals surface area contributed by atoms with E-state index in [-0.39, 0.29) is 10.5 Å². The Morgan fingerprint density at radius 3 is 2.28 bits per heavy atom. The van der Waals surface area contributed by atoms with E-state index in [2.05, 4.69) is 10.3 Å². The molecule has 0 aliphatic carbocycles. The smallest absolute Gasteiger partial charge is 0.307 e. The number of rotatable bonds is 4. The van der Waals surface area contributed by atoms with Crippen LogP contribution in [0.15, 0.2) is 0 Å². The van der Waals surface area contributed by atoms with E-state index in [4.69, 9.17) is 0 Å². The molecule has 1 N–H and O–H groups in total. The molecule has 0 saturated carbocycles. The lowest BCUT2D eigenvalue weighted by Gasteiger charge is -2.20. The Balaban J connectivity index is 2.78. The first-order valence-electron chi connectivity index (χ1n) is 5.90. The van der Waals surface area contributed by atoms with Crippen molar-refractivity contribution in [1.82, 2.24) is 10.3 Å². The van der Waals surface area contributed by atoms with E-state index in [0.29, 0.717) is 13.0 Å². The number of thiazole rings is 1. The molecule has 1 aromatic rings. The molecular weight excluding hydrogens is 261 g/mol. The third kappa shape index (κ3) is 5.35. The lowest BCUT2D eigenvalue weighted by Crippen LogP contribution is -2.35. The molecule has 0 aromatic carbocycles. The topological polar surface area (TPSA) is 24.9 Å². The molecule has 0 unspecified atom stereocenters. The summed E-state index contributed by atoms with van der Waals surface area (Å²) >= 11 is 1.16. The van der Waals surface area contributed by atoms with Crippen molar-refractivity contribution in [3.8, 4) is 0 Å². The van der Waals surface area contributed by atoms with Gasteiger partial charge in [-0.25, -0.2) is 4.98 Å². The van der Waals surface area contributed by atoms with E-state index in [0.717, 1.165) is 21.9 Å². The van der Waals surface area contributed by atoms with Crippen LogP contribution in [0.5, 0.6) is 0 Å². The van der Waals surface area contributed by atoms with Crippen molar-refractivity contribution >= 4 is 11.3 Å². The Morgan fingerprint density at radius 2 is 1.83 bits per heavy atom. The molecule has 2 nitrogen and oxygen atoms in total. The van der Waals surface area contributed by atoms with E-state index in [1.54, 1.807) is 0 Å². The molecule has 0 amide bonds. The van der Waals surface area contributed by atoms with Gasteiger partial charge >= 0.3 is 6.18 Å². The summed E-state index contributed by atoms with van der Waals surface area (Å²) in [5, 5.41) is 3.44. The molecule has 1 aromatic heterocycles. The van der Waals surface area contributed by atoms with Gasteiger partial charge in [-0.15, -0.1) is 11.3 Å². The van der Waals surface area contributed by atoms with Crippen LogP contribution in [0.4, 0.5) is 13.2 Å². The second kappa shape index (κ2) is 5.57. The van der Waals surface area contributed by atoms with Gasteiger partial charge in [0.2, 0.25) is 0 Å². The van der Waals surface area contributed by atoms with E-state index >= 15 is 0 Å². The van der Waals surface area contributed by atoms with Crippen molar-refractivity contribution in [2.45, 2.75) is 58.8 Å². The van der Waals surface area contributed by atoms with Crippen LogP contribution in [-0.2, 0) is 19.4 Å². The summed E-state index contributed by atoms with van der Waals surface area (Å²) in [4.78, 5) is 4.98. The summed E-state index contributed by atoms with van der Waals surface area (Å²) in [5.74, 6) is 0. The van der Waals surface area contributed by atoms with E-state index in [1.165, 1.54) is 0 Å². The zero-order valence-electron chi connectivity index (χ0n) is 11.1. The first-order chi connectivity index (χ1) is 8.11. The number of aryl methyl sites for hydroxylation is 1. The third-order valence-electron chi connectivity index (χ3n) is 2.29. The van der Waals surface area contributed by atoms with Crippen molar-refractivity contribution in [3.05, 3.63) is 15.6 Å². The second-order valence-electron chi connectivity index (χ2n) is 5.23. The predicted octanol–water partition coefficient (Wildman–Crippen LogP) is 3.70. The van der Waals surface area contributed by atoms with Gasteiger partial charge in [-0.05, 0) is 27.2 Å². The Hall–Kier alpha value is -0.620. The largest absolute Gasteiger partial charge is 0.395 e. The summed E-state index contributed by atoms with van der Waals surface area (Å²) in [6.07, 6.45) is -4.45. The number of aromatic nitrogens is 1. The lowest BCUT2D eigenvalue weighted by molar-refractivity contribution is -0.127. The first kappa shape index (κ1) is 15.4. The highest BCUT2D eigenvalue weighted by molar-refractivity contribution is 7.11. The minimum atomic E-state index is -4.18. The van der Waals surface area contributed by atoms with Gasteiger partial charge in [-0.2, -0.15) is 13.2 Å². The van der Waals surface area contributed by atoms with Gasteiger partial charge in [-0.3, -0.25) is 0 Å². The fraction of sp³-hybridized carbons (Fsp3) is 0.750. The second-order valence-corrected chi connectivity index (χ2v) is 6.39. The summed E-state index contributed by atoms with van der Waals surface area (Å²) in [7, 11) is 0. The van der Waals surface area contributed by atoms with E-state index in [9.17, 15) is 13.2 Å². The Kier molecular flexibility index (Phi) is 4.78. The average molecular weight is 280 g/mol. The number of hydrogen-bond acceptors (Lipinski definition) is 3. The van der Waals surface area contributed by atoms with Gasteiger partial charge in [0.1, 0.15) is 5.01 Å². The van der Waals surface area contributed by atoms with Crippen LogP contribution in [0, 0.1) is 0 Å². The van der Waals surface area contributed by atoms with Gasteiger partial charge in [0, 0.05) is 17.0 Å². The zero-order valence-corrected chi connectivity index (χ0v) is 11.9. The van der Waals surface area contributed by atoms with E-state index < -0.39 is 12.6 Å².